The Labute approximate surface area is 292 Å². The molecule has 4 aromatic rings. The van der Waals surface area contributed by atoms with Gasteiger partial charge in [-0.15, -0.1) is 12.4 Å². The van der Waals surface area contributed by atoms with Crippen molar-refractivity contribution >= 4 is 58.2 Å². The van der Waals surface area contributed by atoms with E-state index in [9.17, 15) is 14.4 Å². The van der Waals surface area contributed by atoms with Gasteiger partial charge in [-0.3, -0.25) is 14.4 Å². The van der Waals surface area contributed by atoms with E-state index in [-0.39, 0.29) is 29.8 Å². The largest absolute Gasteiger partial charge is 0.494 e. The van der Waals surface area contributed by atoms with Gasteiger partial charge in [0.1, 0.15) is 35.4 Å². The average molecular weight is 690 g/mol. The van der Waals surface area contributed by atoms with Crippen LogP contribution in [-0.4, -0.2) is 66.5 Å². The molecule has 0 unspecified atom stereocenters. The van der Waals surface area contributed by atoms with Crippen LogP contribution in [0.4, 0.5) is 17.2 Å². The van der Waals surface area contributed by atoms with Crippen molar-refractivity contribution in [1.29, 1.82) is 0 Å². The number of likely N-dealkylation sites (N-methyl/N-ethyl adjacent to an activating group) is 1. The molecule has 12 nitrogen and oxygen atoms in total. The van der Waals surface area contributed by atoms with Gasteiger partial charge in [0.25, 0.3) is 11.8 Å². The summed E-state index contributed by atoms with van der Waals surface area (Å²) in [7, 11) is 3.14. The first-order valence-corrected chi connectivity index (χ1v) is 16.0. The molecule has 3 amide bonds. The second-order valence-electron chi connectivity index (χ2n) is 12.8. The quantitative estimate of drug-likeness (QED) is 0.163. The number of hydrogen-bond donors (Lipinski definition) is 4. The van der Waals surface area contributed by atoms with Crippen molar-refractivity contribution < 1.29 is 23.9 Å². The van der Waals surface area contributed by atoms with Crippen LogP contribution in [0, 0.1) is 5.41 Å². The molecule has 5 rings (SSSR count). The molecule has 3 aromatic carbocycles. The van der Waals surface area contributed by atoms with Crippen LogP contribution in [0.2, 0.25) is 0 Å². The Morgan fingerprint density at radius 2 is 1.69 bits per heavy atom. The third-order valence-electron chi connectivity index (χ3n) is 8.30. The molecular formula is C36H44ClN7O5. The van der Waals surface area contributed by atoms with Crippen LogP contribution in [0.3, 0.4) is 0 Å². The zero-order valence-corrected chi connectivity index (χ0v) is 29.4. The molecule has 3 atom stereocenters. The van der Waals surface area contributed by atoms with E-state index in [0.29, 0.717) is 35.4 Å². The van der Waals surface area contributed by atoms with E-state index in [1.807, 2.05) is 75.4 Å². The van der Waals surface area contributed by atoms with E-state index < -0.39 is 35.4 Å². The van der Waals surface area contributed by atoms with Crippen molar-refractivity contribution in [2.45, 2.75) is 58.7 Å². The van der Waals surface area contributed by atoms with Gasteiger partial charge in [0.15, 0.2) is 0 Å². The van der Waals surface area contributed by atoms with E-state index in [2.05, 4.69) is 31.2 Å². The van der Waals surface area contributed by atoms with Crippen LogP contribution in [0.1, 0.15) is 40.5 Å². The van der Waals surface area contributed by atoms with Crippen molar-refractivity contribution in [1.82, 2.24) is 25.9 Å². The minimum absolute atomic E-state index is 0. The van der Waals surface area contributed by atoms with Crippen LogP contribution in [0.5, 0.6) is 17.2 Å². The maximum atomic E-state index is 14.6. The van der Waals surface area contributed by atoms with Crippen LogP contribution in [-0.2, 0) is 14.4 Å². The molecule has 0 bridgehead atoms. The highest BCUT2D eigenvalue weighted by Crippen LogP contribution is 2.38. The molecule has 1 fully saturated rings. The lowest BCUT2D eigenvalue weighted by Gasteiger charge is -2.36. The summed E-state index contributed by atoms with van der Waals surface area (Å²) in [4.78, 5) is 52.0. The van der Waals surface area contributed by atoms with Gasteiger partial charge < -0.3 is 30.7 Å². The number of carbonyl (C=O) groups excluding carboxylic acids is 3. The lowest BCUT2D eigenvalue weighted by atomic mass is 9.85. The van der Waals surface area contributed by atoms with Crippen LogP contribution in [0.15, 0.2) is 73.1 Å². The number of methoxy groups -OCH3 is 1. The standard InChI is InChI=1S/C36H43N7O5.ClH/c1-22(37-5)33(44)42-31(36(2,3)4)35(46)43(34(45)27-13-10-18-38-27)29-19-26-28(20-30(29)47-6)39-21-40-32(26)41-23-14-16-25(17-15-23)48-24-11-8-7-9-12-24;/h7-9,11-12,14-17,19-22,27,31,37-38H,10,13,18H2,1-6H3,(H,42,44)(H,39,40,41);1H/t22-,27-,31+;/m0./s1. The smallest absolute Gasteiger partial charge is 0.257 e. The number of hydrogen-bond acceptors (Lipinski definition) is 10. The van der Waals surface area contributed by atoms with E-state index in [1.165, 1.54) is 13.4 Å². The summed E-state index contributed by atoms with van der Waals surface area (Å²) in [6.45, 7) is 7.90. The van der Waals surface area contributed by atoms with Crippen molar-refractivity contribution in [3.8, 4) is 17.2 Å². The molecule has 0 aliphatic carbocycles. The normalized spacial score (nSPS) is 15.4. The van der Waals surface area contributed by atoms with Crippen molar-refractivity contribution in [3.63, 3.8) is 0 Å². The highest BCUT2D eigenvalue weighted by atomic mass is 35.5. The topological polar surface area (TPSA) is 147 Å². The average Bonchev–Trinajstić information content (AvgIpc) is 3.63. The summed E-state index contributed by atoms with van der Waals surface area (Å²) in [5.74, 6) is 0.774. The zero-order chi connectivity index (χ0) is 34.4. The lowest BCUT2D eigenvalue weighted by Crippen LogP contribution is -2.60. The molecule has 0 radical (unpaired) electrons. The molecule has 1 aliphatic rings. The number of nitrogens with zero attached hydrogens (tertiary/aromatic N) is 3. The predicted molar refractivity (Wildman–Crippen MR) is 193 cm³/mol. The number of fused-ring (bicyclic) bond motifs is 1. The number of carbonyl (C=O) groups is 3. The van der Waals surface area contributed by atoms with Crippen LogP contribution < -0.4 is 35.6 Å². The van der Waals surface area contributed by atoms with Crippen molar-refractivity contribution in [3.05, 3.63) is 73.1 Å². The first-order valence-electron chi connectivity index (χ1n) is 16.0. The fourth-order valence-corrected chi connectivity index (χ4v) is 5.45. The maximum absolute atomic E-state index is 14.6. The van der Waals surface area contributed by atoms with E-state index in [4.69, 9.17) is 9.47 Å². The Morgan fingerprint density at radius 1 is 1.00 bits per heavy atom. The summed E-state index contributed by atoms with van der Waals surface area (Å²) in [6, 6.07) is 18.1. The number of nitrogens with one attached hydrogen (secondary N) is 4. The van der Waals surface area contributed by atoms with E-state index in [1.54, 1.807) is 26.1 Å². The minimum atomic E-state index is -1.03. The summed E-state index contributed by atoms with van der Waals surface area (Å²) in [5.41, 5.74) is 0.766. The Hall–Kier alpha value is -4.78. The maximum Gasteiger partial charge on any atom is 0.257 e. The van der Waals surface area contributed by atoms with Gasteiger partial charge in [0, 0.05) is 17.1 Å². The van der Waals surface area contributed by atoms with Gasteiger partial charge in [-0.25, -0.2) is 14.9 Å². The zero-order valence-electron chi connectivity index (χ0n) is 28.6. The molecule has 2 heterocycles. The molecule has 0 saturated carbocycles. The highest BCUT2D eigenvalue weighted by molar-refractivity contribution is 6.20. The molecule has 0 spiro atoms. The third kappa shape index (κ3) is 8.63. The lowest BCUT2D eigenvalue weighted by molar-refractivity contribution is -0.134. The molecule has 260 valence electrons. The third-order valence-corrected chi connectivity index (χ3v) is 8.30. The highest BCUT2D eigenvalue weighted by Gasteiger charge is 2.42. The number of halogens is 1. The number of aromatic nitrogens is 2. The van der Waals surface area contributed by atoms with Crippen molar-refractivity contribution in [2.24, 2.45) is 5.41 Å². The van der Waals surface area contributed by atoms with Gasteiger partial charge in [0.2, 0.25) is 5.91 Å². The van der Waals surface area contributed by atoms with Gasteiger partial charge in [0.05, 0.1) is 30.4 Å². The minimum Gasteiger partial charge on any atom is -0.494 e. The molecule has 1 aromatic heterocycles. The molecule has 1 aliphatic heterocycles. The number of rotatable bonds is 11. The van der Waals surface area contributed by atoms with Gasteiger partial charge in [-0.05, 0) is 81.2 Å². The van der Waals surface area contributed by atoms with E-state index in [0.717, 1.165) is 22.8 Å². The van der Waals surface area contributed by atoms with Gasteiger partial charge >= 0.3 is 0 Å². The summed E-state index contributed by atoms with van der Waals surface area (Å²) in [6.07, 6.45) is 2.80. The van der Waals surface area contributed by atoms with Gasteiger partial charge in [-0.1, -0.05) is 39.0 Å². The molecule has 1 saturated heterocycles. The monoisotopic (exact) mass is 689 g/mol. The summed E-state index contributed by atoms with van der Waals surface area (Å²) in [5, 5.41) is 12.9. The Kier molecular flexibility index (Phi) is 12.2. The number of imide groups is 1. The van der Waals surface area contributed by atoms with E-state index >= 15 is 0 Å². The van der Waals surface area contributed by atoms with Crippen molar-refractivity contribution in [2.75, 3.05) is 30.9 Å². The Bertz CT molecular complexity index is 1760. The van der Waals surface area contributed by atoms with Crippen LogP contribution >= 0.6 is 12.4 Å². The first-order chi connectivity index (χ1) is 23.0. The van der Waals surface area contributed by atoms with Gasteiger partial charge in [-0.2, -0.15) is 0 Å². The number of amides is 3. The summed E-state index contributed by atoms with van der Waals surface area (Å²) < 4.78 is 11.7. The second kappa shape index (κ2) is 16.1. The second-order valence-corrected chi connectivity index (χ2v) is 12.8. The number of anilines is 3. The Balaban J connectivity index is 0.00000541. The number of para-hydroxylation sites is 1. The molecule has 49 heavy (non-hydrogen) atoms. The number of benzene rings is 3. The van der Waals surface area contributed by atoms with Crippen LogP contribution in [0.25, 0.3) is 10.9 Å². The molecular weight excluding hydrogens is 646 g/mol. The summed E-state index contributed by atoms with van der Waals surface area (Å²) >= 11 is 0. The Morgan fingerprint density at radius 3 is 2.31 bits per heavy atom. The molecule has 13 heteroatoms. The fraction of sp³-hybridized carbons (Fsp3) is 0.361. The first kappa shape index (κ1) is 37.0. The molecule has 4 N–H and O–H groups in total. The predicted octanol–water partition coefficient (Wildman–Crippen LogP) is 5.35. The fourth-order valence-electron chi connectivity index (χ4n) is 5.45. The number of ether oxygens (including phenoxy) is 2. The SMILES string of the molecule is CN[C@@H](C)C(=O)N[C@H](C(=O)N(C(=O)[C@@H]1CCCN1)c1cc2c(Nc3ccc(Oc4ccccc4)cc3)ncnc2cc1OC)C(C)(C)C.Cl.